The van der Waals surface area contributed by atoms with Crippen molar-refractivity contribution in [2.45, 2.75) is 64.2 Å². The van der Waals surface area contributed by atoms with E-state index in [1.807, 2.05) is 0 Å². The molecule has 5 heteroatoms. The van der Waals surface area contributed by atoms with Gasteiger partial charge in [-0.05, 0) is 31.4 Å². The van der Waals surface area contributed by atoms with Crippen molar-refractivity contribution in [3.63, 3.8) is 0 Å². The molecule has 0 aliphatic carbocycles. The topological polar surface area (TPSA) is 74.8 Å². The maximum absolute atomic E-state index is 10.9. The number of nitrogens with zero attached hydrogens (tertiary/aromatic N) is 1. The number of fused-ring (bicyclic) bond motifs is 3. The first kappa shape index (κ1) is 18.4. The maximum atomic E-state index is 10.9. The number of hydrogen-bond donors (Lipinski definition) is 2. The second-order valence-corrected chi connectivity index (χ2v) is 7.00. The van der Waals surface area contributed by atoms with E-state index >= 15 is 0 Å². The summed E-state index contributed by atoms with van der Waals surface area (Å²) in [5, 5.41) is 2.20. The largest absolute Gasteiger partial charge is 0.348 e. The van der Waals surface area contributed by atoms with Gasteiger partial charge in [-0.25, -0.2) is 4.98 Å². The Kier molecular flexibility index (Phi) is 6.58. The van der Waals surface area contributed by atoms with Crippen LogP contribution in [0.2, 0.25) is 0 Å². The van der Waals surface area contributed by atoms with Crippen molar-refractivity contribution in [1.29, 1.82) is 0 Å². The van der Waals surface area contributed by atoms with E-state index in [0.717, 1.165) is 12.8 Å². The zero-order chi connectivity index (χ0) is 18.2. The van der Waals surface area contributed by atoms with Gasteiger partial charge in [-0.1, -0.05) is 50.7 Å². The first-order chi connectivity index (χ1) is 12.7. The van der Waals surface area contributed by atoms with Crippen LogP contribution in [-0.4, -0.2) is 21.8 Å². The van der Waals surface area contributed by atoms with Crippen LogP contribution in [0.1, 0.15) is 83.6 Å². The average Bonchev–Trinajstić information content (AvgIpc) is 3.22. The molecular weight excluding hydrogens is 326 g/mol. The minimum atomic E-state index is -0.300. The number of benzene rings is 1. The lowest BCUT2D eigenvalue weighted by atomic mass is 10.1. The summed E-state index contributed by atoms with van der Waals surface area (Å²) < 4.78 is 0. The first-order valence-corrected chi connectivity index (χ1v) is 9.72. The predicted molar refractivity (Wildman–Crippen MR) is 101 cm³/mol. The molecule has 0 saturated heterocycles. The summed E-state index contributed by atoms with van der Waals surface area (Å²) in [6.07, 6.45) is 15.4. The van der Waals surface area contributed by atoms with Crippen LogP contribution in [-0.2, 0) is 12.8 Å². The van der Waals surface area contributed by atoms with Gasteiger partial charge in [0, 0.05) is 12.6 Å². The van der Waals surface area contributed by atoms with Crippen molar-refractivity contribution < 1.29 is 9.59 Å². The molecule has 0 radical (unpaired) electrons. The maximum Gasteiger partial charge on any atom is 0.258 e. The van der Waals surface area contributed by atoms with Crippen LogP contribution < -0.4 is 5.32 Å². The fraction of sp³-hybridized carbons (Fsp3) is 0.476. The molecule has 0 atom stereocenters. The van der Waals surface area contributed by atoms with Crippen LogP contribution in [0.25, 0.3) is 0 Å². The van der Waals surface area contributed by atoms with Crippen LogP contribution in [0.3, 0.4) is 0 Å². The van der Waals surface area contributed by atoms with Gasteiger partial charge in [-0.15, -0.1) is 0 Å². The van der Waals surface area contributed by atoms with Crippen LogP contribution in [0.5, 0.6) is 0 Å². The molecule has 26 heavy (non-hydrogen) atoms. The Bertz CT molecular complexity index is 692. The third-order valence-electron chi connectivity index (χ3n) is 4.92. The van der Waals surface area contributed by atoms with Crippen LogP contribution in [0.4, 0.5) is 0 Å². The van der Waals surface area contributed by atoms with E-state index in [9.17, 15) is 9.59 Å². The number of nitrogens with one attached hydrogen (secondary N) is 2. The highest BCUT2D eigenvalue weighted by atomic mass is 16.2. The summed E-state index contributed by atoms with van der Waals surface area (Å²) in [5.41, 5.74) is 2.21. The summed E-state index contributed by atoms with van der Waals surface area (Å²) in [6, 6.07) is 6.74. The molecule has 2 aromatic rings. The molecule has 2 amide bonds. The van der Waals surface area contributed by atoms with Gasteiger partial charge in [0.15, 0.2) is 0 Å². The Labute approximate surface area is 154 Å². The number of carbonyl (C=O) groups excluding carboxylic acids is 2. The summed E-state index contributed by atoms with van der Waals surface area (Å²) in [5.74, 6) is 0.598. The third kappa shape index (κ3) is 5.04. The predicted octanol–water partition coefficient (Wildman–Crippen LogP) is 4.20. The minimum Gasteiger partial charge on any atom is -0.348 e. The Morgan fingerprint density at radius 3 is 1.88 bits per heavy atom. The number of imide groups is 1. The lowest BCUT2D eigenvalue weighted by Gasteiger charge is -2.00. The van der Waals surface area contributed by atoms with E-state index in [1.165, 1.54) is 62.9 Å². The highest BCUT2D eigenvalue weighted by Gasteiger charge is 2.25. The lowest BCUT2D eigenvalue weighted by Crippen LogP contribution is -2.19. The van der Waals surface area contributed by atoms with Gasteiger partial charge in [0.1, 0.15) is 5.82 Å². The molecule has 1 aromatic heterocycles. The second-order valence-electron chi connectivity index (χ2n) is 7.00. The Morgan fingerprint density at radius 1 is 0.731 bits per heavy atom. The number of rotatable bonds is 0. The molecule has 2 aliphatic rings. The van der Waals surface area contributed by atoms with Gasteiger partial charge < -0.3 is 4.98 Å². The zero-order valence-electron chi connectivity index (χ0n) is 15.2. The molecule has 3 heterocycles. The quantitative estimate of drug-likeness (QED) is 0.697. The zero-order valence-corrected chi connectivity index (χ0v) is 15.2. The van der Waals surface area contributed by atoms with Crippen molar-refractivity contribution in [2.75, 3.05) is 0 Å². The van der Waals surface area contributed by atoms with E-state index in [2.05, 4.69) is 21.5 Å². The van der Waals surface area contributed by atoms with Gasteiger partial charge >= 0.3 is 0 Å². The molecule has 0 spiro atoms. The highest BCUT2D eigenvalue weighted by molar-refractivity contribution is 6.21. The van der Waals surface area contributed by atoms with E-state index in [1.54, 1.807) is 24.3 Å². The van der Waals surface area contributed by atoms with E-state index in [4.69, 9.17) is 0 Å². The minimum absolute atomic E-state index is 0.300. The van der Waals surface area contributed by atoms with Gasteiger partial charge in [-0.3, -0.25) is 14.9 Å². The smallest absolute Gasteiger partial charge is 0.258 e. The van der Waals surface area contributed by atoms with Gasteiger partial charge in [-0.2, -0.15) is 0 Å². The molecule has 5 nitrogen and oxygen atoms in total. The number of aromatic nitrogens is 2. The average molecular weight is 353 g/mol. The molecule has 2 bridgehead atoms. The summed E-state index contributed by atoms with van der Waals surface area (Å²) in [4.78, 5) is 29.8. The highest BCUT2D eigenvalue weighted by Crippen LogP contribution is 2.14. The fourth-order valence-electron chi connectivity index (χ4n) is 3.44. The van der Waals surface area contributed by atoms with Crippen molar-refractivity contribution in [1.82, 2.24) is 15.3 Å². The van der Waals surface area contributed by atoms with Crippen molar-refractivity contribution in [3.05, 3.63) is 53.1 Å². The van der Waals surface area contributed by atoms with Crippen molar-refractivity contribution in [2.24, 2.45) is 0 Å². The molecule has 0 unspecified atom stereocenters. The summed E-state index contributed by atoms with van der Waals surface area (Å²) in [6.45, 7) is 0. The van der Waals surface area contributed by atoms with E-state index < -0.39 is 0 Å². The first-order valence-electron chi connectivity index (χ1n) is 9.72. The SMILES string of the molecule is O=C1NC(=O)c2ccccc21.c1[nH]c2nc1CCCCCCCCCC2. The summed E-state index contributed by atoms with van der Waals surface area (Å²) in [7, 11) is 0. The number of H-pyrrole nitrogens is 1. The number of imidazole rings is 1. The molecule has 1 aromatic carbocycles. The third-order valence-corrected chi connectivity index (χ3v) is 4.92. The Hall–Kier alpha value is -2.43. The molecule has 4 rings (SSSR count). The lowest BCUT2D eigenvalue weighted by molar-refractivity contribution is 0.0879. The van der Waals surface area contributed by atoms with Gasteiger partial charge in [0.25, 0.3) is 11.8 Å². The number of aromatic amines is 1. The number of hydrogen-bond acceptors (Lipinski definition) is 3. The van der Waals surface area contributed by atoms with Crippen LogP contribution in [0.15, 0.2) is 30.5 Å². The standard InChI is InChI=1S/C13H22N2.C8H5NO2/c1-2-4-6-8-10-13-14-11-12(15-13)9-7-5-3-1;10-7-5-3-1-2-4-6(5)8(11)9-7/h11H,1-10H2,(H,14,15);1-4H,(H,9,10,11). The van der Waals surface area contributed by atoms with E-state index in [0.29, 0.717) is 11.1 Å². The molecule has 0 fully saturated rings. The molecule has 138 valence electrons. The Morgan fingerprint density at radius 2 is 1.27 bits per heavy atom. The van der Waals surface area contributed by atoms with Crippen molar-refractivity contribution in [3.8, 4) is 0 Å². The van der Waals surface area contributed by atoms with E-state index in [-0.39, 0.29) is 11.8 Å². The number of aryl methyl sites for hydroxylation is 2. The fourth-order valence-corrected chi connectivity index (χ4v) is 3.44. The Balaban J connectivity index is 0.000000158. The molecule has 0 saturated carbocycles. The van der Waals surface area contributed by atoms with Crippen molar-refractivity contribution >= 4 is 11.8 Å². The number of amides is 2. The number of carbonyl (C=O) groups is 2. The monoisotopic (exact) mass is 353 g/mol. The molecule has 2 aliphatic heterocycles. The molecular formula is C21H27N3O2. The second kappa shape index (κ2) is 9.32. The van der Waals surface area contributed by atoms with Gasteiger partial charge in [0.05, 0.1) is 16.8 Å². The van der Waals surface area contributed by atoms with Crippen LogP contribution in [0, 0.1) is 0 Å². The normalized spacial score (nSPS) is 17.7. The van der Waals surface area contributed by atoms with Gasteiger partial charge in [0.2, 0.25) is 0 Å². The van der Waals surface area contributed by atoms with Crippen LogP contribution >= 0.6 is 0 Å². The molecule has 2 N–H and O–H groups in total. The summed E-state index contributed by atoms with van der Waals surface area (Å²) >= 11 is 0.